The van der Waals surface area contributed by atoms with E-state index in [-0.39, 0.29) is 0 Å². The highest BCUT2D eigenvalue weighted by molar-refractivity contribution is 7.12. The van der Waals surface area contributed by atoms with Gasteiger partial charge < -0.3 is 10.4 Å². The maximum Gasteiger partial charge on any atom is 0.315 e. The average molecular weight is 318 g/mol. The second-order valence-corrected chi connectivity index (χ2v) is 6.27. The van der Waals surface area contributed by atoms with Crippen LogP contribution in [-0.2, 0) is 16.0 Å². The van der Waals surface area contributed by atoms with Gasteiger partial charge in [0, 0.05) is 23.4 Å². The van der Waals surface area contributed by atoms with E-state index in [0.29, 0.717) is 13.0 Å². The zero-order valence-corrected chi connectivity index (χ0v) is 13.3. The van der Waals surface area contributed by atoms with E-state index in [1.807, 2.05) is 37.3 Å². The van der Waals surface area contributed by atoms with Crippen molar-refractivity contribution in [2.24, 2.45) is 5.92 Å². The van der Waals surface area contributed by atoms with Gasteiger partial charge in [0.2, 0.25) is 5.91 Å². The summed E-state index contributed by atoms with van der Waals surface area (Å²) in [5, 5.41) is 12.3. The molecule has 0 spiro atoms. The number of aromatic nitrogens is 1. The Bertz CT molecular complexity index is 667. The van der Waals surface area contributed by atoms with Crippen LogP contribution in [0.2, 0.25) is 0 Å². The van der Waals surface area contributed by atoms with Crippen LogP contribution in [0.3, 0.4) is 0 Å². The molecule has 2 rings (SSSR count). The molecule has 0 aliphatic rings. The van der Waals surface area contributed by atoms with E-state index in [1.54, 1.807) is 11.3 Å². The molecule has 0 aliphatic carbocycles. The van der Waals surface area contributed by atoms with Crippen molar-refractivity contribution in [1.82, 2.24) is 10.3 Å². The van der Waals surface area contributed by atoms with Crippen molar-refractivity contribution >= 4 is 23.2 Å². The van der Waals surface area contributed by atoms with Crippen molar-refractivity contribution in [3.63, 3.8) is 0 Å². The molecule has 1 amide bonds. The minimum absolute atomic E-state index is 0.387. The van der Waals surface area contributed by atoms with Crippen LogP contribution in [0.25, 0.3) is 11.3 Å². The highest BCUT2D eigenvalue weighted by atomic mass is 32.1. The van der Waals surface area contributed by atoms with Gasteiger partial charge in [-0.1, -0.05) is 30.3 Å². The Morgan fingerprint density at radius 3 is 2.64 bits per heavy atom. The summed E-state index contributed by atoms with van der Waals surface area (Å²) < 4.78 is 0. The highest BCUT2D eigenvalue weighted by Gasteiger charge is 2.19. The molecule has 1 heterocycles. The molecule has 0 bridgehead atoms. The Hall–Kier alpha value is -2.21. The standard InChI is InChI=1S/C16H18N2O3S/c1-10(16(20)21)15(19)17-9-8-13-18-14(11(2)22-13)12-6-4-3-5-7-12/h3-7,10H,8-9H2,1-2H3,(H,17,19)(H,20,21). The molecule has 0 aliphatic heterocycles. The molecular weight excluding hydrogens is 300 g/mol. The molecular formula is C16H18N2O3S. The minimum Gasteiger partial charge on any atom is -0.481 e. The number of aliphatic carboxylic acids is 1. The molecule has 1 aromatic carbocycles. The largest absolute Gasteiger partial charge is 0.481 e. The highest BCUT2D eigenvalue weighted by Crippen LogP contribution is 2.27. The van der Waals surface area contributed by atoms with Crippen LogP contribution in [0.4, 0.5) is 0 Å². The fourth-order valence-electron chi connectivity index (χ4n) is 1.98. The number of nitrogens with one attached hydrogen (secondary N) is 1. The van der Waals surface area contributed by atoms with E-state index in [4.69, 9.17) is 5.11 Å². The van der Waals surface area contributed by atoms with Gasteiger partial charge in [0.1, 0.15) is 5.92 Å². The lowest BCUT2D eigenvalue weighted by Gasteiger charge is -2.06. The third-order valence-electron chi connectivity index (χ3n) is 3.29. The number of carbonyl (C=O) groups is 2. The summed E-state index contributed by atoms with van der Waals surface area (Å²) in [4.78, 5) is 28.0. The molecule has 1 atom stereocenters. The molecule has 1 unspecified atom stereocenters. The molecule has 0 fully saturated rings. The second-order valence-electron chi connectivity index (χ2n) is 4.98. The van der Waals surface area contributed by atoms with Crippen LogP contribution in [-0.4, -0.2) is 28.5 Å². The first kappa shape index (κ1) is 16.2. The van der Waals surface area contributed by atoms with Crippen molar-refractivity contribution < 1.29 is 14.7 Å². The molecule has 2 N–H and O–H groups in total. The first-order chi connectivity index (χ1) is 10.5. The number of carboxylic acid groups (broad SMARTS) is 1. The van der Waals surface area contributed by atoms with Gasteiger partial charge in [-0.15, -0.1) is 11.3 Å². The number of rotatable bonds is 6. The van der Waals surface area contributed by atoms with Gasteiger partial charge in [-0.2, -0.15) is 0 Å². The van der Waals surface area contributed by atoms with Gasteiger partial charge >= 0.3 is 5.97 Å². The smallest absolute Gasteiger partial charge is 0.315 e. The quantitative estimate of drug-likeness (QED) is 0.802. The number of thiazole rings is 1. The third kappa shape index (κ3) is 3.92. The van der Waals surface area contributed by atoms with E-state index in [0.717, 1.165) is 21.1 Å². The molecule has 0 radical (unpaired) electrons. The fourth-order valence-corrected chi connectivity index (χ4v) is 2.93. The summed E-state index contributed by atoms with van der Waals surface area (Å²) in [5.41, 5.74) is 2.04. The maximum absolute atomic E-state index is 11.6. The molecule has 116 valence electrons. The van der Waals surface area contributed by atoms with Gasteiger partial charge in [0.15, 0.2) is 0 Å². The molecule has 2 aromatic rings. The molecule has 22 heavy (non-hydrogen) atoms. The lowest BCUT2D eigenvalue weighted by Crippen LogP contribution is -2.34. The molecule has 6 heteroatoms. The number of carboxylic acids is 1. The summed E-state index contributed by atoms with van der Waals surface area (Å²) in [5.74, 6) is -2.61. The van der Waals surface area contributed by atoms with Crippen LogP contribution < -0.4 is 5.32 Å². The second kappa shape index (κ2) is 7.17. The number of amides is 1. The van der Waals surface area contributed by atoms with Crippen molar-refractivity contribution in [1.29, 1.82) is 0 Å². The summed E-state index contributed by atoms with van der Waals surface area (Å²) in [6.07, 6.45) is 0.594. The van der Waals surface area contributed by atoms with Gasteiger partial charge in [-0.05, 0) is 13.8 Å². The van der Waals surface area contributed by atoms with Crippen molar-refractivity contribution in [3.05, 3.63) is 40.2 Å². The number of benzene rings is 1. The monoisotopic (exact) mass is 318 g/mol. The zero-order valence-electron chi connectivity index (χ0n) is 12.5. The Kier molecular flexibility index (Phi) is 5.27. The number of hydrogen-bond donors (Lipinski definition) is 2. The van der Waals surface area contributed by atoms with E-state index < -0.39 is 17.8 Å². The zero-order chi connectivity index (χ0) is 16.1. The number of aryl methyl sites for hydroxylation is 1. The van der Waals surface area contributed by atoms with Gasteiger partial charge in [-0.3, -0.25) is 9.59 Å². The average Bonchev–Trinajstić information content (AvgIpc) is 2.88. The first-order valence-corrected chi connectivity index (χ1v) is 7.83. The number of carbonyl (C=O) groups excluding carboxylic acids is 1. The number of hydrogen-bond acceptors (Lipinski definition) is 4. The van der Waals surface area contributed by atoms with Crippen LogP contribution in [0.1, 0.15) is 16.8 Å². The summed E-state index contributed by atoms with van der Waals surface area (Å²) in [7, 11) is 0. The van der Waals surface area contributed by atoms with Crippen molar-refractivity contribution in [3.8, 4) is 11.3 Å². The van der Waals surface area contributed by atoms with E-state index in [2.05, 4.69) is 10.3 Å². The summed E-state index contributed by atoms with van der Waals surface area (Å²) in [6.45, 7) is 3.78. The predicted octanol–water partition coefficient (Wildman–Crippen LogP) is 2.50. The summed E-state index contributed by atoms with van der Waals surface area (Å²) >= 11 is 1.60. The Balaban J connectivity index is 1.95. The Morgan fingerprint density at radius 1 is 1.32 bits per heavy atom. The predicted molar refractivity (Wildman–Crippen MR) is 85.8 cm³/mol. The Labute approximate surface area is 133 Å². The van der Waals surface area contributed by atoms with E-state index in [1.165, 1.54) is 6.92 Å². The molecule has 0 saturated carbocycles. The van der Waals surface area contributed by atoms with Crippen LogP contribution in [0.15, 0.2) is 30.3 Å². The SMILES string of the molecule is Cc1sc(CCNC(=O)C(C)C(=O)O)nc1-c1ccccc1. The first-order valence-electron chi connectivity index (χ1n) is 7.01. The van der Waals surface area contributed by atoms with Gasteiger partial charge in [0.05, 0.1) is 10.7 Å². The number of nitrogens with zero attached hydrogens (tertiary/aromatic N) is 1. The maximum atomic E-state index is 11.6. The third-order valence-corrected chi connectivity index (χ3v) is 4.32. The van der Waals surface area contributed by atoms with Crippen molar-refractivity contribution in [2.45, 2.75) is 20.3 Å². The van der Waals surface area contributed by atoms with E-state index in [9.17, 15) is 9.59 Å². The normalized spacial score (nSPS) is 11.9. The minimum atomic E-state index is -1.12. The lowest BCUT2D eigenvalue weighted by atomic mass is 10.1. The molecule has 0 saturated heterocycles. The van der Waals surface area contributed by atoms with Crippen LogP contribution >= 0.6 is 11.3 Å². The van der Waals surface area contributed by atoms with E-state index >= 15 is 0 Å². The van der Waals surface area contributed by atoms with Crippen LogP contribution in [0, 0.1) is 12.8 Å². The molecule has 5 nitrogen and oxygen atoms in total. The molecule has 1 aromatic heterocycles. The summed E-state index contributed by atoms with van der Waals surface area (Å²) in [6, 6.07) is 9.94. The van der Waals surface area contributed by atoms with Gasteiger partial charge in [-0.25, -0.2) is 4.98 Å². The van der Waals surface area contributed by atoms with Gasteiger partial charge in [0.25, 0.3) is 0 Å². The van der Waals surface area contributed by atoms with Crippen molar-refractivity contribution in [2.75, 3.05) is 6.54 Å². The Morgan fingerprint density at radius 2 is 2.00 bits per heavy atom. The van der Waals surface area contributed by atoms with Crippen LogP contribution in [0.5, 0.6) is 0 Å². The topological polar surface area (TPSA) is 79.3 Å². The fraction of sp³-hybridized carbons (Fsp3) is 0.312. The lowest BCUT2D eigenvalue weighted by molar-refractivity contribution is -0.146.